The molecule has 0 spiro atoms. The number of hydrogen-bond donors (Lipinski definition) is 0. The molecular weight excluding hydrogens is 352 g/mol. The van der Waals surface area contributed by atoms with E-state index in [4.69, 9.17) is 10.00 Å². The van der Waals surface area contributed by atoms with Crippen LogP contribution in [-0.4, -0.2) is 22.5 Å². The summed E-state index contributed by atoms with van der Waals surface area (Å²) in [6.45, 7) is 1.53. The highest BCUT2D eigenvalue weighted by Crippen LogP contribution is 2.26. The number of esters is 1. The number of non-ortho nitro benzene ring substituents is 1. The Labute approximate surface area is 153 Å². The van der Waals surface area contributed by atoms with Gasteiger partial charge in [-0.15, -0.1) is 0 Å². The predicted molar refractivity (Wildman–Crippen MR) is 94.0 cm³/mol. The average Bonchev–Trinajstić information content (AvgIpc) is 2.96. The normalized spacial score (nSPS) is 15.9. The van der Waals surface area contributed by atoms with Crippen LogP contribution in [0.5, 0.6) is 5.75 Å². The lowest BCUT2D eigenvalue weighted by Gasteiger charge is -2.14. The van der Waals surface area contributed by atoms with Gasteiger partial charge in [-0.1, -0.05) is 0 Å². The van der Waals surface area contributed by atoms with E-state index < -0.39 is 22.7 Å². The highest BCUT2D eigenvalue weighted by molar-refractivity contribution is 6.25. The summed E-state index contributed by atoms with van der Waals surface area (Å²) >= 11 is 0. The Morgan fingerprint density at radius 3 is 2.41 bits per heavy atom. The third-order valence-corrected chi connectivity index (χ3v) is 3.87. The number of nitriles is 1. The highest BCUT2D eigenvalue weighted by atomic mass is 16.6. The molecule has 1 unspecified atom stereocenters. The molecule has 2 aromatic rings. The molecule has 1 aliphatic rings. The summed E-state index contributed by atoms with van der Waals surface area (Å²) in [6, 6.07) is 13.1. The fourth-order valence-electron chi connectivity index (χ4n) is 2.51. The van der Waals surface area contributed by atoms with Gasteiger partial charge in [0.05, 0.1) is 28.0 Å². The zero-order chi connectivity index (χ0) is 19.6. The van der Waals surface area contributed by atoms with Gasteiger partial charge in [-0.25, -0.2) is 0 Å². The van der Waals surface area contributed by atoms with Crippen LogP contribution in [0.4, 0.5) is 11.4 Å². The third-order valence-electron chi connectivity index (χ3n) is 3.87. The lowest BCUT2D eigenvalue weighted by atomic mass is 10.1. The largest absolute Gasteiger partial charge is 0.426 e. The second-order valence-electron chi connectivity index (χ2n) is 5.66. The number of anilines is 1. The average molecular weight is 364 g/mol. The van der Waals surface area contributed by atoms with E-state index in [0.717, 1.165) is 5.01 Å². The second kappa shape index (κ2) is 7.05. The summed E-state index contributed by atoms with van der Waals surface area (Å²) < 4.78 is 5.16. The monoisotopic (exact) mass is 364 g/mol. The molecule has 0 bridgehead atoms. The van der Waals surface area contributed by atoms with Gasteiger partial charge in [-0.3, -0.25) is 19.7 Å². The van der Waals surface area contributed by atoms with Gasteiger partial charge in [0, 0.05) is 12.1 Å². The number of nitro benzene ring substituents is 1. The van der Waals surface area contributed by atoms with E-state index in [0.29, 0.717) is 11.3 Å². The number of carbonyl (C=O) groups excluding carboxylic acids is 2. The molecule has 2 aromatic carbocycles. The summed E-state index contributed by atoms with van der Waals surface area (Å²) in [4.78, 5) is 35.1. The molecular formula is C18H12N4O5. The van der Waals surface area contributed by atoms with Gasteiger partial charge < -0.3 is 4.74 Å². The van der Waals surface area contributed by atoms with Gasteiger partial charge in [-0.05, 0) is 43.3 Å². The van der Waals surface area contributed by atoms with E-state index in [1.165, 1.54) is 43.3 Å². The zero-order valence-electron chi connectivity index (χ0n) is 14.0. The van der Waals surface area contributed by atoms with Crippen LogP contribution in [0.2, 0.25) is 0 Å². The maximum Gasteiger partial charge on any atom is 0.329 e. The Kier molecular flexibility index (Phi) is 4.64. The van der Waals surface area contributed by atoms with Crippen LogP contribution in [0, 0.1) is 27.4 Å². The van der Waals surface area contributed by atoms with Crippen molar-refractivity contribution < 1.29 is 19.2 Å². The quantitative estimate of drug-likeness (QED) is 0.270. The first-order valence-corrected chi connectivity index (χ1v) is 7.76. The van der Waals surface area contributed by atoms with Crippen LogP contribution in [0.1, 0.15) is 12.5 Å². The summed E-state index contributed by atoms with van der Waals surface area (Å²) in [5, 5.41) is 24.7. The minimum Gasteiger partial charge on any atom is -0.426 e. The fraction of sp³-hybridized carbons (Fsp3) is 0.111. The van der Waals surface area contributed by atoms with E-state index in [9.17, 15) is 19.7 Å². The molecule has 1 heterocycles. The standard InChI is InChI=1S/C18H12N4O5/c1-11-16(18(24)27-15-8-6-14(7-9-15)22(25)26)17(23)21(20-11)13-4-2-12(10-19)3-5-13/h2-9,16H,1H3. The van der Waals surface area contributed by atoms with Gasteiger partial charge in [0.15, 0.2) is 5.92 Å². The Morgan fingerprint density at radius 2 is 1.85 bits per heavy atom. The minimum atomic E-state index is -1.21. The summed E-state index contributed by atoms with van der Waals surface area (Å²) in [5.41, 5.74) is 0.969. The molecule has 134 valence electrons. The summed E-state index contributed by atoms with van der Waals surface area (Å²) in [6.07, 6.45) is 0. The van der Waals surface area contributed by atoms with Crippen molar-refractivity contribution in [1.82, 2.24) is 0 Å². The lowest BCUT2D eigenvalue weighted by molar-refractivity contribution is -0.384. The van der Waals surface area contributed by atoms with Crippen molar-refractivity contribution >= 4 is 29.0 Å². The number of nitrogens with zero attached hydrogens (tertiary/aromatic N) is 4. The van der Waals surface area contributed by atoms with Gasteiger partial charge in [0.2, 0.25) is 0 Å². The van der Waals surface area contributed by atoms with Crippen LogP contribution >= 0.6 is 0 Å². The molecule has 0 fully saturated rings. The Balaban J connectivity index is 1.75. The first-order valence-electron chi connectivity index (χ1n) is 7.76. The minimum absolute atomic E-state index is 0.0861. The highest BCUT2D eigenvalue weighted by Gasteiger charge is 2.41. The van der Waals surface area contributed by atoms with E-state index in [1.54, 1.807) is 12.1 Å². The van der Waals surface area contributed by atoms with E-state index >= 15 is 0 Å². The van der Waals surface area contributed by atoms with E-state index in [2.05, 4.69) is 5.10 Å². The van der Waals surface area contributed by atoms with Gasteiger partial charge in [0.1, 0.15) is 5.75 Å². The number of hydrogen-bond acceptors (Lipinski definition) is 7. The van der Waals surface area contributed by atoms with Crippen molar-refractivity contribution in [2.45, 2.75) is 6.92 Å². The number of rotatable bonds is 4. The molecule has 9 nitrogen and oxygen atoms in total. The van der Waals surface area contributed by atoms with Crippen molar-refractivity contribution in [3.63, 3.8) is 0 Å². The molecule has 1 amide bonds. The smallest absolute Gasteiger partial charge is 0.329 e. The van der Waals surface area contributed by atoms with Crippen molar-refractivity contribution in [3.8, 4) is 11.8 Å². The van der Waals surface area contributed by atoms with Crippen molar-refractivity contribution in [2.24, 2.45) is 11.0 Å². The number of nitro groups is 1. The molecule has 1 aliphatic heterocycles. The molecule has 9 heteroatoms. The molecule has 0 radical (unpaired) electrons. The number of amides is 1. The van der Waals surface area contributed by atoms with Gasteiger partial charge in [0.25, 0.3) is 11.6 Å². The number of ether oxygens (including phenoxy) is 1. The van der Waals surface area contributed by atoms with Crippen molar-refractivity contribution in [2.75, 3.05) is 5.01 Å². The van der Waals surface area contributed by atoms with Crippen LogP contribution < -0.4 is 9.75 Å². The maximum absolute atomic E-state index is 12.6. The molecule has 27 heavy (non-hydrogen) atoms. The van der Waals surface area contributed by atoms with Crippen LogP contribution in [0.25, 0.3) is 0 Å². The number of carbonyl (C=O) groups is 2. The van der Waals surface area contributed by atoms with Crippen LogP contribution in [-0.2, 0) is 9.59 Å². The van der Waals surface area contributed by atoms with E-state index in [-0.39, 0.29) is 17.1 Å². The first kappa shape index (κ1) is 17.8. The second-order valence-corrected chi connectivity index (χ2v) is 5.66. The summed E-state index contributed by atoms with van der Waals surface area (Å²) in [5.74, 6) is -2.53. The van der Waals surface area contributed by atoms with Crippen LogP contribution in [0.3, 0.4) is 0 Å². The Morgan fingerprint density at radius 1 is 1.22 bits per heavy atom. The number of hydrazone groups is 1. The summed E-state index contributed by atoms with van der Waals surface area (Å²) in [7, 11) is 0. The Bertz CT molecular complexity index is 990. The molecule has 1 atom stereocenters. The van der Waals surface area contributed by atoms with Gasteiger partial charge in [-0.2, -0.15) is 15.4 Å². The maximum atomic E-state index is 12.6. The fourth-order valence-corrected chi connectivity index (χ4v) is 2.51. The molecule has 0 N–H and O–H groups in total. The molecule has 0 saturated heterocycles. The molecule has 0 aromatic heterocycles. The lowest BCUT2D eigenvalue weighted by Crippen LogP contribution is -2.35. The molecule has 3 rings (SSSR count). The zero-order valence-corrected chi connectivity index (χ0v) is 14.0. The topological polar surface area (TPSA) is 126 Å². The van der Waals surface area contributed by atoms with Crippen molar-refractivity contribution in [3.05, 3.63) is 64.2 Å². The predicted octanol–water partition coefficient (Wildman–Crippen LogP) is 2.41. The third kappa shape index (κ3) is 3.50. The van der Waals surface area contributed by atoms with E-state index in [1.807, 2.05) is 6.07 Å². The van der Waals surface area contributed by atoms with Crippen molar-refractivity contribution in [1.29, 1.82) is 5.26 Å². The molecule has 0 aliphatic carbocycles. The first-order chi connectivity index (χ1) is 12.9. The van der Waals surface area contributed by atoms with Gasteiger partial charge >= 0.3 is 5.97 Å². The van der Waals surface area contributed by atoms with Crippen LogP contribution in [0.15, 0.2) is 53.6 Å². The Hall–Kier alpha value is -4.06. The molecule has 0 saturated carbocycles. The SMILES string of the molecule is CC1=NN(c2ccc(C#N)cc2)C(=O)C1C(=O)Oc1ccc([N+](=O)[O-])cc1. The number of benzene rings is 2.